The van der Waals surface area contributed by atoms with Gasteiger partial charge in [0.15, 0.2) is 4.96 Å². The zero-order chi connectivity index (χ0) is 14.3. The number of aliphatic carboxylic acids is 1. The van der Waals surface area contributed by atoms with Crippen molar-refractivity contribution in [2.45, 2.75) is 19.9 Å². The van der Waals surface area contributed by atoms with Gasteiger partial charge in [0.1, 0.15) is 0 Å². The summed E-state index contributed by atoms with van der Waals surface area (Å²) in [6.07, 6.45) is 2.33. The third-order valence-corrected chi connectivity index (χ3v) is 4.57. The summed E-state index contributed by atoms with van der Waals surface area (Å²) < 4.78 is 1.51. The first-order chi connectivity index (χ1) is 9.48. The summed E-state index contributed by atoms with van der Waals surface area (Å²) in [6, 6.07) is 1.52. The molecule has 0 spiro atoms. The minimum atomic E-state index is -0.762. The van der Waals surface area contributed by atoms with Crippen LogP contribution in [0.15, 0.2) is 22.4 Å². The number of likely N-dealkylation sites (tertiary alicyclic amines) is 1. The average molecular weight is 293 g/mol. The number of carboxylic acid groups (broad SMARTS) is 1. The zero-order valence-corrected chi connectivity index (χ0v) is 11.9. The maximum atomic E-state index is 11.9. The number of rotatable bonds is 3. The van der Waals surface area contributed by atoms with Gasteiger partial charge in [0.2, 0.25) is 0 Å². The van der Waals surface area contributed by atoms with Gasteiger partial charge in [0.25, 0.3) is 5.56 Å². The molecule has 3 rings (SSSR count). The van der Waals surface area contributed by atoms with Gasteiger partial charge in [0.05, 0.1) is 11.1 Å². The van der Waals surface area contributed by atoms with Gasteiger partial charge in [-0.2, -0.15) is 0 Å². The Morgan fingerprint density at radius 1 is 1.60 bits per heavy atom. The SMILES string of the molecule is CC1(C(=O)O)CCN(Cc2cc(=O)n3ccsc3n2)C1. The summed E-state index contributed by atoms with van der Waals surface area (Å²) in [5, 5.41) is 11.0. The van der Waals surface area contributed by atoms with Crippen molar-refractivity contribution in [2.75, 3.05) is 13.1 Å². The lowest BCUT2D eigenvalue weighted by Gasteiger charge is -2.19. The summed E-state index contributed by atoms with van der Waals surface area (Å²) in [4.78, 5) is 30.3. The van der Waals surface area contributed by atoms with E-state index in [1.54, 1.807) is 13.1 Å². The van der Waals surface area contributed by atoms with Crippen LogP contribution in [0.5, 0.6) is 0 Å². The number of carbonyl (C=O) groups is 1. The summed E-state index contributed by atoms with van der Waals surface area (Å²) >= 11 is 1.42. The zero-order valence-electron chi connectivity index (χ0n) is 11.1. The molecule has 3 heterocycles. The molecule has 1 aliphatic rings. The summed E-state index contributed by atoms with van der Waals surface area (Å²) in [5.41, 5.74) is -0.0826. The maximum Gasteiger partial charge on any atom is 0.310 e. The Bertz CT molecular complexity index is 723. The molecule has 6 nitrogen and oxygen atoms in total. The quantitative estimate of drug-likeness (QED) is 0.915. The summed E-state index contributed by atoms with van der Waals surface area (Å²) in [6.45, 7) is 3.49. The number of aromatic nitrogens is 2. The first-order valence-electron chi connectivity index (χ1n) is 6.39. The molecular weight excluding hydrogens is 278 g/mol. The molecule has 2 aromatic heterocycles. The largest absolute Gasteiger partial charge is 0.481 e. The molecule has 0 aliphatic carbocycles. The molecule has 0 saturated carbocycles. The topological polar surface area (TPSA) is 74.9 Å². The van der Waals surface area contributed by atoms with Gasteiger partial charge in [-0.05, 0) is 19.9 Å². The van der Waals surface area contributed by atoms with E-state index in [4.69, 9.17) is 0 Å². The molecule has 1 atom stereocenters. The summed E-state index contributed by atoms with van der Waals surface area (Å²) in [7, 11) is 0. The van der Waals surface area contributed by atoms with E-state index in [9.17, 15) is 14.7 Å². The molecule has 0 aromatic carbocycles. The molecule has 1 N–H and O–H groups in total. The molecule has 0 radical (unpaired) electrons. The van der Waals surface area contributed by atoms with E-state index in [2.05, 4.69) is 4.98 Å². The third kappa shape index (κ3) is 2.23. The van der Waals surface area contributed by atoms with E-state index in [-0.39, 0.29) is 5.56 Å². The third-order valence-electron chi connectivity index (χ3n) is 3.81. The van der Waals surface area contributed by atoms with Gasteiger partial charge < -0.3 is 5.11 Å². The first kappa shape index (κ1) is 13.3. The molecule has 1 saturated heterocycles. The van der Waals surface area contributed by atoms with E-state index in [1.807, 2.05) is 10.3 Å². The van der Waals surface area contributed by atoms with Crippen molar-refractivity contribution in [3.63, 3.8) is 0 Å². The van der Waals surface area contributed by atoms with E-state index >= 15 is 0 Å². The minimum Gasteiger partial charge on any atom is -0.481 e. The Kier molecular flexibility index (Phi) is 3.10. The van der Waals surface area contributed by atoms with Crippen molar-refractivity contribution in [2.24, 2.45) is 5.41 Å². The highest BCUT2D eigenvalue weighted by Gasteiger charge is 2.40. The number of fused-ring (bicyclic) bond motifs is 1. The predicted octanol–water partition coefficient (Wildman–Crippen LogP) is 1.05. The molecule has 0 amide bonds. The molecule has 20 heavy (non-hydrogen) atoms. The molecule has 7 heteroatoms. The van der Waals surface area contributed by atoms with E-state index in [1.165, 1.54) is 21.8 Å². The van der Waals surface area contributed by atoms with Gasteiger partial charge in [-0.25, -0.2) is 4.98 Å². The highest BCUT2D eigenvalue weighted by Crippen LogP contribution is 2.30. The number of thiazole rings is 1. The van der Waals surface area contributed by atoms with Crippen LogP contribution >= 0.6 is 11.3 Å². The van der Waals surface area contributed by atoms with Crippen molar-refractivity contribution < 1.29 is 9.90 Å². The standard InChI is InChI=1S/C13H15N3O3S/c1-13(11(18)19)2-3-15(8-13)7-9-6-10(17)16-4-5-20-12(16)14-9/h4-6H,2-3,7-8H2,1H3,(H,18,19). The highest BCUT2D eigenvalue weighted by atomic mass is 32.1. The monoisotopic (exact) mass is 293 g/mol. The Morgan fingerprint density at radius 3 is 3.10 bits per heavy atom. The first-order valence-corrected chi connectivity index (χ1v) is 7.27. The van der Waals surface area contributed by atoms with Gasteiger partial charge in [-0.3, -0.25) is 18.9 Å². The normalized spacial score (nSPS) is 23.4. The lowest BCUT2D eigenvalue weighted by Crippen LogP contribution is -2.31. The minimum absolute atomic E-state index is 0.0913. The number of nitrogens with zero attached hydrogens (tertiary/aromatic N) is 3. The fourth-order valence-electron chi connectivity index (χ4n) is 2.56. The Labute approximate surface area is 119 Å². The van der Waals surface area contributed by atoms with Gasteiger partial charge in [-0.1, -0.05) is 0 Å². The van der Waals surface area contributed by atoms with E-state index < -0.39 is 11.4 Å². The molecule has 2 aromatic rings. The molecule has 1 aliphatic heterocycles. The molecule has 106 valence electrons. The van der Waals surface area contributed by atoms with Gasteiger partial charge in [0, 0.05) is 30.7 Å². The van der Waals surface area contributed by atoms with Gasteiger partial charge in [-0.15, -0.1) is 11.3 Å². The fraction of sp³-hybridized carbons (Fsp3) is 0.462. The molecule has 0 bridgehead atoms. The van der Waals surface area contributed by atoms with Crippen LogP contribution in [0.25, 0.3) is 4.96 Å². The van der Waals surface area contributed by atoms with Crippen LogP contribution in [0.4, 0.5) is 0 Å². The second-order valence-corrected chi connectivity index (χ2v) is 6.34. The Balaban J connectivity index is 1.81. The van der Waals surface area contributed by atoms with Crippen LogP contribution in [0.2, 0.25) is 0 Å². The highest BCUT2D eigenvalue weighted by molar-refractivity contribution is 7.15. The van der Waals surface area contributed by atoms with Crippen LogP contribution in [-0.2, 0) is 11.3 Å². The Hall–Kier alpha value is -1.73. The van der Waals surface area contributed by atoms with E-state index in [0.717, 1.165) is 0 Å². The lowest BCUT2D eigenvalue weighted by molar-refractivity contribution is -0.147. The van der Waals surface area contributed by atoms with Crippen LogP contribution in [0.3, 0.4) is 0 Å². The van der Waals surface area contributed by atoms with Crippen molar-refractivity contribution in [3.8, 4) is 0 Å². The van der Waals surface area contributed by atoms with Crippen LogP contribution < -0.4 is 5.56 Å². The molecular formula is C13H15N3O3S. The van der Waals surface area contributed by atoms with E-state index in [0.29, 0.717) is 36.7 Å². The smallest absolute Gasteiger partial charge is 0.310 e. The number of hydrogen-bond donors (Lipinski definition) is 1. The Morgan fingerprint density at radius 2 is 2.40 bits per heavy atom. The van der Waals surface area contributed by atoms with Crippen molar-refractivity contribution in [3.05, 3.63) is 33.7 Å². The number of hydrogen-bond acceptors (Lipinski definition) is 5. The fourth-order valence-corrected chi connectivity index (χ4v) is 3.30. The molecule has 1 unspecified atom stereocenters. The molecule has 1 fully saturated rings. The van der Waals surface area contributed by atoms with Crippen molar-refractivity contribution >= 4 is 22.3 Å². The van der Waals surface area contributed by atoms with Crippen molar-refractivity contribution in [1.29, 1.82) is 0 Å². The lowest BCUT2D eigenvalue weighted by atomic mass is 9.90. The van der Waals surface area contributed by atoms with Crippen LogP contribution in [-0.4, -0.2) is 38.4 Å². The maximum absolute atomic E-state index is 11.9. The second-order valence-electron chi connectivity index (χ2n) is 5.47. The van der Waals surface area contributed by atoms with Gasteiger partial charge >= 0.3 is 5.97 Å². The predicted molar refractivity (Wildman–Crippen MR) is 75.0 cm³/mol. The van der Waals surface area contributed by atoms with Crippen molar-refractivity contribution in [1.82, 2.24) is 14.3 Å². The van der Waals surface area contributed by atoms with Crippen LogP contribution in [0, 0.1) is 5.41 Å². The summed E-state index contributed by atoms with van der Waals surface area (Å²) in [5.74, 6) is -0.762. The average Bonchev–Trinajstić information content (AvgIpc) is 2.97. The number of carboxylic acids is 1. The van der Waals surface area contributed by atoms with Crippen LogP contribution in [0.1, 0.15) is 19.0 Å². The second kappa shape index (κ2) is 4.68.